The normalized spacial score (nSPS) is 20.2. The first-order valence-electron chi connectivity index (χ1n) is 6.25. The fourth-order valence-corrected chi connectivity index (χ4v) is 2.53. The van der Waals surface area contributed by atoms with Crippen LogP contribution in [-0.2, 0) is 13.0 Å². The number of fused-ring (bicyclic) bond motifs is 1. The van der Waals surface area contributed by atoms with Gasteiger partial charge in [-0.05, 0) is 37.1 Å². The van der Waals surface area contributed by atoms with Crippen LogP contribution < -0.4 is 11.1 Å². The van der Waals surface area contributed by atoms with E-state index in [-0.39, 0.29) is 0 Å². The van der Waals surface area contributed by atoms with Crippen molar-refractivity contribution in [1.82, 2.24) is 14.7 Å². The maximum atomic E-state index is 5.64. The van der Waals surface area contributed by atoms with Crippen LogP contribution >= 0.6 is 0 Å². The molecule has 1 fully saturated rings. The summed E-state index contributed by atoms with van der Waals surface area (Å²) in [7, 11) is 0. The van der Waals surface area contributed by atoms with E-state index in [9.17, 15) is 0 Å². The average molecular weight is 230 g/mol. The minimum absolute atomic E-state index is 0.585. The Kier molecular flexibility index (Phi) is 2.82. The van der Waals surface area contributed by atoms with Crippen LogP contribution in [-0.4, -0.2) is 22.0 Å². The van der Waals surface area contributed by atoms with Crippen molar-refractivity contribution in [3.8, 4) is 0 Å². The summed E-state index contributed by atoms with van der Waals surface area (Å²) in [6, 6.07) is 4.77. The molecule has 0 spiro atoms. The molecule has 2 aromatic rings. The number of rotatable bonds is 3. The Bertz CT molecular complexity index is 511. The van der Waals surface area contributed by atoms with Gasteiger partial charge < -0.3 is 15.5 Å². The maximum absolute atomic E-state index is 5.64. The Morgan fingerprint density at radius 1 is 1.53 bits per heavy atom. The summed E-state index contributed by atoms with van der Waals surface area (Å²) in [4.78, 5) is 4.52. The first kappa shape index (κ1) is 10.7. The number of pyridine rings is 1. The quantitative estimate of drug-likeness (QED) is 0.830. The smallest absolute Gasteiger partial charge is 0.114 e. The predicted octanol–water partition coefficient (Wildman–Crippen LogP) is 1.09. The van der Waals surface area contributed by atoms with Crippen molar-refractivity contribution in [3.63, 3.8) is 0 Å². The number of nitrogens with two attached hydrogens (primary N) is 1. The molecule has 0 saturated carbocycles. The molecule has 3 N–H and O–H groups in total. The molecule has 4 nitrogen and oxygen atoms in total. The predicted molar refractivity (Wildman–Crippen MR) is 67.8 cm³/mol. The monoisotopic (exact) mass is 230 g/mol. The van der Waals surface area contributed by atoms with Gasteiger partial charge in [0.15, 0.2) is 0 Å². The Balaban J connectivity index is 1.89. The highest BCUT2D eigenvalue weighted by Crippen LogP contribution is 2.14. The molecule has 90 valence electrons. The number of hydrogen-bond donors (Lipinski definition) is 2. The van der Waals surface area contributed by atoms with Crippen LogP contribution in [0.4, 0.5) is 0 Å². The number of nitrogens with zero attached hydrogens (tertiary/aromatic N) is 2. The molecule has 1 saturated heterocycles. The van der Waals surface area contributed by atoms with Crippen molar-refractivity contribution in [1.29, 1.82) is 0 Å². The van der Waals surface area contributed by atoms with Crippen molar-refractivity contribution in [2.45, 2.75) is 31.8 Å². The molecule has 0 aromatic carbocycles. The molecule has 17 heavy (non-hydrogen) atoms. The summed E-state index contributed by atoms with van der Waals surface area (Å²) in [5, 5.41) is 3.51. The van der Waals surface area contributed by atoms with E-state index < -0.39 is 0 Å². The van der Waals surface area contributed by atoms with Gasteiger partial charge in [-0.2, -0.15) is 0 Å². The van der Waals surface area contributed by atoms with Crippen LogP contribution in [0.15, 0.2) is 24.5 Å². The maximum Gasteiger partial charge on any atom is 0.114 e. The van der Waals surface area contributed by atoms with Crippen LogP contribution in [0.1, 0.15) is 24.2 Å². The van der Waals surface area contributed by atoms with Gasteiger partial charge in [-0.15, -0.1) is 0 Å². The number of nitrogens with one attached hydrogen (secondary N) is 1. The third-order valence-electron chi connectivity index (χ3n) is 3.50. The van der Waals surface area contributed by atoms with E-state index in [4.69, 9.17) is 5.73 Å². The molecule has 2 aromatic heterocycles. The third-order valence-corrected chi connectivity index (χ3v) is 3.50. The molecule has 4 heteroatoms. The van der Waals surface area contributed by atoms with Gasteiger partial charge in [-0.1, -0.05) is 0 Å². The van der Waals surface area contributed by atoms with Gasteiger partial charge in [0.25, 0.3) is 0 Å². The van der Waals surface area contributed by atoms with Gasteiger partial charge in [0.1, 0.15) is 5.82 Å². The average Bonchev–Trinajstić information content (AvgIpc) is 2.99. The zero-order chi connectivity index (χ0) is 11.7. The molecule has 0 radical (unpaired) electrons. The van der Waals surface area contributed by atoms with Gasteiger partial charge in [-0.3, -0.25) is 0 Å². The largest absolute Gasteiger partial charge is 0.326 e. The highest BCUT2D eigenvalue weighted by Gasteiger charge is 2.16. The van der Waals surface area contributed by atoms with Crippen molar-refractivity contribution in [2.24, 2.45) is 5.73 Å². The lowest BCUT2D eigenvalue weighted by Gasteiger charge is -2.09. The lowest BCUT2D eigenvalue weighted by atomic mass is 10.1. The van der Waals surface area contributed by atoms with E-state index in [0.717, 1.165) is 29.9 Å². The summed E-state index contributed by atoms with van der Waals surface area (Å²) in [6.07, 6.45) is 7.56. The summed E-state index contributed by atoms with van der Waals surface area (Å²) >= 11 is 0. The molecule has 0 bridgehead atoms. The van der Waals surface area contributed by atoms with Crippen LogP contribution in [0.3, 0.4) is 0 Å². The molecule has 1 aliphatic heterocycles. The third kappa shape index (κ3) is 2.06. The van der Waals surface area contributed by atoms with Gasteiger partial charge >= 0.3 is 0 Å². The van der Waals surface area contributed by atoms with Crippen LogP contribution in [0.5, 0.6) is 0 Å². The second-order valence-corrected chi connectivity index (χ2v) is 4.71. The van der Waals surface area contributed by atoms with Crippen LogP contribution in [0, 0.1) is 0 Å². The van der Waals surface area contributed by atoms with Crippen molar-refractivity contribution in [3.05, 3.63) is 35.9 Å². The van der Waals surface area contributed by atoms with Crippen molar-refractivity contribution < 1.29 is 0 Å². The van der Waals surface area contributed by atoms with E-state index >= 15 is 0 Å². The van der Waals surface area contributed by atoms with Crippen molar-refractivity contribution >= 4 is 5.52 Å². The molecule has 0 aliphatic carbocycles. The SMILES string of the molecule is NCc1ccn2c(CC3CCCN3)ncc2c1. The van der Waals surface area contributed by atoms with Gasteiger partial charge in [0.05, 0.1) is 11.7 Å². The van der Waals surface area contributed by atoms with Gasteiger partial charge in [0, 0.05) is 25.2 Å². The first-order valence-corrected chi connectivity index (χ1v) is 6.25. The zero-order valence-electron chi connectivity index (χ0n) is 9.89. The molecule has 1 aliphatic rings. The Morgan fingerprint density at radius 3 is 3.24 bits per heavy atom. The summed E-state index contributed by atoms with van der Waals surface area (Å²) in [5.41, 5.74) is 7.94. The summed E-state index contributed by atoms with van der Waals surface area (Å²) < 4.78 is 2.17. The molecule has 3 rings (SSSR count). The molecular formula is C13H18N4. The minimum atomic E-state index is 0.585. The Morgan fingerprint density at radius 2 is 2.47 bits per heavy atom. The standard InChI is InChI=1S/C13H18N4/c14-8-10-3-5-17-12(6-10)9-16-13(17)7-11-2-1-4-15-11/h3,5-6,9,11,15H,1-2,4,7-8,14H2. The lowest BCUT2D eigenvalue weighted by Crippen LogP contribution is -2.24. The number of imidazole rings is 1. The van der Waals surface area contributed by atoms with Crippen LogP contribution in [0.2, 0.25) is 0 Å². The fourth-order valence-electron chi connectivity index (χ4n) is 2.53. The second-order valence-electron chi connectivity index (χ2n) is 4.71. The fraction of sp³-hybridized carbons (Fsp3) is 0.462. The highest BCUT2D eigenvalue weighted by molar-refractivity contribution is 5.48. The Labute approximate surface area is 101 Å². The molecule has 1 unspecified atom stereocenters. The van der Waals surface area contributed by atoms with Gasteiger partial charge in [0.2, 0.25) is 0 Å². The lowest BCUT2D eigenvalue weighted by molar-refractivity contribution is 0.584. The molecular weight excluding hydrogens is 212 g/mol. The van der Waals surface area contributed by atoms with Gasteiger partial charge in [-0.25, -0.2) is 4.98 Å². The molecule has 1 atom stereocenters. The second kappa shape index (κ2) is 4.47. The van der Waals surface area contributed by atoms with Crippen molar-refractivity contribution in [2.75, 3.05) is 6.54 Å². The van der Waals surface area contributed by atoms with E-state index in [1.54, 1.807) is 0 Å². The minimum Gasteiger partial charge on any atom is -0.326 e. The topological polar surface area (TPSA) is 55.4 Å². The number of hydrogen-bond acceptors (Lipinski definition) is 3. The van der Waals surface area contributed by atoms with E-state index in [1.807, 2.05) is 6.20 Å². The summed E-state index contributed by atoms with van der Waals surface area (Å²) in [5.74, 6) is 1.14. The Hall–Kier alpha value is -1.39. The summed E-state index contributed by atoms with van der Waals surface area (Å²) in [6.45, 7) is 1.73. The van der Waals surface area contributed by atoms with Crippen LogP contribution in [0.25, 0.3) is 5.52 Å². The number of aromatic nitrogens is 2. The molecule has 0 amide bonds. The van der Waals surface area contributed by atoms with E-state index in [1.165, 1.54) is 12.8 Å². The van der Waals surface area contributed by atoms with E-state index in [0.29, 0.717) is 12.6 Å². The first-order chi connectivity index (χ1) is 8.36. The zero-order valence-corrected chi connectivity index (χ0v) is 9.89. The highest BCUT2D eigenvalue weighted by atomic mass is 15.0. The molecule has 3 heterocycles. The van der Waals surface area contributed by atoms with E-state index in [2.05, 4.69) is 33.0 Å².